The lowest BCUT2D eigenvalue weighted by atomic mass is 10.1. The number of carbonyl (C=O) groups is 1. The van der Waals surface area contributed by atoms with Crippen LogP contribution in [0.25, 0.3) is 5.78 Å². The minimum absolute atomic E-state index is 0.0383. The molecule has 3 rings (SSSR count). The van der Waals surface area contributed by atoms with Gasteiger partial charge in [-0.2, -0.15) is 10.1 Å². The van der Waals surface area contributed by atoms with Gasteiger partial charge in [-0.25, -0.2) is 9.50 Å². The average molecular weight is 324 g/mol. The van der Waals surface area contributed by atoms with E-state index in [0.29, 0.717) is 25.2 Å². The monoisotopic (exact) mass is 324 g/mol. The van der Waals surface area contributed by atoms with Crippen molar-refractivity contribution in [2.75, 3.05) is 6.54 Å². The molecule has 0 aromatic carbocycles. The van der Waals surface area contributed by atoms with Gasteiger partial charge in [-0.1, -0.05) is 6.07 Å². The maximum atomic E-state index is 12.1. The van der Waals surface area contributed by atoms with Crippen LogP contribution in [0.1, 0.15) is 28.9 Å². The molecule has 0 spiro atoms. The molecule has 0 bridgehead atoms. The number of nitrogens with zero attached hydrogens (tertiary/aromatic N) is 5. The minimum Gasteiger partial charge on any atom is -0.356 e. The third kappa shape index (κ3) is 3.56. The molecule has 0 saturated carbocycles. The van der Waals surface area contributed by atoms with Gasteiger partial charge < -0.3 is 5.32 Å². The Morgan fingerprint density at radius 1 is 1.29 bits per heavy atom. The van der Waals surface area contributed by atoms with Crippen LogP contribution in [0.2, 0.25) is 0 Å². The normalized spacial score (nSPS) is 10.9. The van der Waals surface area contributed by atoms with Crippen LogP contribution in [-0.2, 0) is 17.6 Å². The fourth-order valence-corrected chi connectivity index (χ4v) is 2.74. The maximum absolute atomic E-state index is 12.1. The number of aryl methyl sites for hydroxylation is 2. The largest absolute Gasteiger partial charge is 0.356 e. The second-order valence-electron chi connectivity index (χ2n) is 5.69. The number of amides is 1. The molecule has 3 aromatic heterocycles. The Morgan fingerprint density at radius 2 is 2.17 bits per heavy atom. The summed E-state index contributed by atoms with van der Waals surface area (Å²) < 4.78 is 1.71. The fraction of sp³-hybridized carbons (Fsp3) is 0.353. The van der Waals surface area contributed by atoms with Crippen LogP contribution < -0.4 is 5.32 Å². The van der Waals surface area contributed by atoms with Gasteiger partial charge in [0, 0.05) is 36.7 Å². The summed E-state index contributed by atoms with van der Waals surface area (Å²) in [7, 11) is 0. The first-order valence-corrected chi connectivity index (χ1v) is 7.96. The third-order valence-electron chi connectivity index (χ3n) is 4.05. The van der Waals surface area contributed by atoms with Gasteiger partial charge in [0.15, 0.2) is 0 Å². The molecule has 1 N–H and O–H groups in total. The molecule has 7 heteroatoms. The first-order valence-electron chi connectivity index (χ1n) is 7.96. The van der Waals surface area contributed by atoms with Crippen molar-refractivity contribution >= 4 is 11.7 Å². The molecule has 0 aliphatic rings. The highest BCUT2D eigenvalue weighted by molar-refractivity contribution is 5.76. The Kier molecular flexibility index (Phi) is 4.79. The summed E-state index contributed by atoms with van der Waals surface area (Å²) in [6, 6.07) is 3.90. The second kappa shape index (κ2) is 7.16. The molecular weight excluding hydrogens is 304 g/mol. The van der Waals surface area contributed by atoms with E-state index in [1.165, 1.54) is 6.33 Å². The molecule has 24 heavy (non-hydrogen) atoms. The van der Waals surface area contributed by atoms with Gasteiger partial charge in [-0.15, -0.1) is 0 Å². The van der Waals surface area contributed by atoms with Gasteiger partial charge in [0.05, 0.1) is 0 Å². The first-order chi connectivity index (χ1) is 11.6. The number of aromatic nitrogens is 5. The van der Waals surface area contributed by atoms with Gasteiger partial charge in [0.1, 0.15) is 6.33 Å². The number of hydrogen-bond acceptors (Lipinski definition) is 5. The summed E-state index contributed by atoms with van der Waals surface area (Å²) in [5.41, 5.74) is 4.05. The average Bonchev–Trinajstić information content (AvgIpc) is 3.04. The smallest absolute Gasteiger partial charge is 0.252 e. The third-order valence-corrected chi connectivity index (χ3v) is 4.05. The zero-order chi connectivity index (χ0) is 16.9. The summed E-state index contributed by atoms with van der Waals surface area (Å²) in [5, 5.41) is 7.12. The van der Waals surface area contributed by atoms with Crippen molar-refractivity contribution in [3.8, 4) is 0 Å². The zero-order valence-electron chi connectivity index (χ0n) is 13.9. The molecular formula is C17H20N6O. The Labute approximate surface area is 140 Å². The highest BCUT2D eigenvalue weighted by Gasteiger charge is 2.12. The highest BCUT2D eigenvalue weighted by Crippen LogP contribution is 2.14. The van der Waals surface area contributed by atoms with Crippen LogP contribution in [0.4, 0.5) is 0 Å². The number of pyridine rings is 1. The lowest BCUT2D eigenvalue weighted by Crippen LogP contribution is -2.26. The summed E-state index contributed by atoms with van der Waals surface area (Å²) in [6.07, 6.45) is 6.90. The standard InChI is InChI=1S/C17H20N6O/c1-12-15(13(2)23-17(22-12)20-11-21-23)5-6-16(24)19-9-7-14-4-3-8-18-10-14/h3-4,8,10-11H,5-7,9H2,1-2H3,(H,19,24). The minimum atomic E-state index is 0.0383. The van der Waals surface area contributed by atoms with Gasteiger partial charge in [0.25, 0.3) is 5.78 Å². The molecule has 0 fully saturated rings. The van der Waals surface area contributed by atoms with Crippen molar-refractivity contribution in [2.45, 2.75) is 33.1 Å². The van der Waals surface area contributed by atoms with E-state index in [-0.39, 0.29) is 5.91 Å². The highest BCUT2D eigenvalue weighted by atomic mass is 16.1. The number of hydrogen-bond donors (Lipinski definition) is 1. The lowest BCUT2D eigenvalue weighted by molar-refractivity contribution is -0.121. The van der Waals surface area contributed by atoms with Crippen molar-refractivity contribution in [2.24, 2.45) is 0 Å². The Morgan fingerprint density at radius 3 is 2.96 bits per heavy atom. The lowest BCUT2D eigenvalue weighted by Gasteiger charge is -2.10. The number of rotatable bonds is 6. The van der Waals surface area contributed by atoms with E-state index in [2.05, 4.69) is 25.4 Å². The van der Waals surface area contributed by atoms with Crippen LogP contribution in [-0.4, -0.2) is 37.0 Å². The summed E-state index contributed by atoms with van der Waals surface area (Å²) >= 11 is 0. The molecule has 3 aromatic rings. The van der Waals surface area contributed by atoms with E-state index < -0.39 is 0 Å². The molecule has 7 nitrogen and oxygen atoms in total. The molecule has 0 saturated heterocycles. The van der Waals surface area contributed by atoms with Crippen molar-refractivity contribution in [1.82, 2.24) is 29.9 Å². The molecule has 0 aliphatic carbocycles. The van der Waals surface area contributed by atoms with Crippen LogP contribution in [0.3, 0.4) is 0 Å². The molecule has 0 aliphatic heterocycles. The van der Waals surface area contributed by atoms with E-state index in [4.69, 9.17) is 0 Å². The molecule has 0 radical (unpaired) electrons. The molecule has 1 amide bonds. The Hall–Kier alpha value is -2.83. The quantitative estimate of drug-likeness (QED) is 0.741. The topological polar surface area (TPSA) is 85.1 Å². The first kappa shape index (κ1) is 16.0. The number of nitrogens with one attached hydrogen (secondary N) is 1. The summed E-state index contributed by atoms with van der Waals surface area (Å²) in [4.78, 5) is 24.7. The number of carbonyl (C=O) groups excluding carboxylic acids is 1. The molecule has 0 atom stereocenters. The fourth-order valence-electron chi connectivity index (χ4n) is 2.74. The van der Waals surface area contributed by atoms with Gasteiger partial charge in [0.2, 0.25) is 5.91 Å². The Bertz CT molecular complexity index is 843. The van der Waals surface area contributed by atoms with E-state index in [0.717, 1.165) is 28.9 Å². The van der Waals surface area contributed by atoms with Crippen LogP contribution in [0, 0.1) is 13.8 Å². The van der Waals surface area contributed by atoms with Gasteiger partial charge >= 0.3 is 0 Å². The van der Waals surface area contributed by atoms with Gasteiger partial charge in [-0.05, 0) is 43.9 Å². The van der Waals surface area contributed by atoms with Crippen molar-refractivity contribution in [1.29, 1.82) is 0 Å². The zero-order valence-corrected chi connectivity index (χ0v) is 13.9. The van der Waals surface area contributed by atoms with E-state index in [1.807, 2.05) is 32.2 Å². The predicted octanol–water partition coefficient (Wildman–Crippen LogP) is 1.43. The predicted molar refractivity (Wildman–Crippen MR) is 89.5 cm³/mol. The second-order valence-corrected chi connectivity index (χ2v) is 5.69. The van der Waals surface area contributed by atoms with E-state index >= 15 is 0 Å². The SMILES string of the molecule is Cc1nc2ncnn2c(C)c1CCC(=O)NCCc1cccnc1. The van der Waals surface area contributed by atoms with E-state index in [9.17, 15) is 4.79 Å². The van der Waals surface area contributed by atoms with Crippen LogP contribution in [0.15, 0.2) is 30.9 Å². The molecule has 124 valence electrons. The van der Waals surface area contributed by atoms with E-state index in [1.54, 1.807) is 10.7 Å². The van der Waals surface area contributed by atoms with Crippen LogP contribution >= 0.6 is 0 Å². The van der Waals surface area contributed by atoms with Crippen molar-refractivity contribution in [3.63, 3.8) is 0 Å². The molecule has 3 heterocycles. The summed E-state index contributed by atoms with van der Waals surface area (Å²) in [5.74, 6) is 0.631. The summed E-state index contributed by atoms with van der Waals surface area (Å²) in [6.45, 7) is 4.53. The van der Waals surface area contributed by atoms with Crippen molar-refractivity contribution < 1.29 is 4.79 Å². The maximum Gasteiger partial charge on any atom is 0.252 e. The molecule has 0 unspecified atom stereocenters. The van der Waals surface area contributed by atoms with Crippen molar-refractivity contribution in [3.05, 3.63) is 53.4 Å². The Balaban J connectivity index is 1.54. The van der Waals surface area contributed by atoms with Gasteiger partial charge in [-0.3, -0.25) is 9.78 Å². The number of fused-ring (bicyclic) bond motifs is 1. The van der Waals surface area contributed by atoms with Crippen LogP contribution in [0.5, 0.6) is 0 Å².